The first-order valence-corrected chi connectivity index (χ1v) is 4.63. The van der Waals surface area contributed by atoms with Crippen molar-refractivity contribution < 1.29 is 9.50 Å². The van der Waals surface area contributed by atoms with Gasteiger partial charge < -0.3 is 5.11 Å². The molecule has 0 spiro atoms. The summed E-state index contributed by atoms with van der Waals surface area (Å²) in [6.45, 7) is 1.52. The first-order chi connectivity index (χ1) is 7.22. The van der Waals surface area contributed by atoms with Crippen molar-refractivity contribution in [1.29, 1.82) is 0 Å². The van der Waals surface area contributed by atoms with Gasteiger partial charge in [0.1, 0.15) is 5.82 Å². The van der Waals surface area contributed by atoms with Gasteiger partial charge in [0.2, 0.25) is 0 Å². The smallest absolute Gasteiger partial charge is 0.130 e. The van der Waals surface area contributed by atoms with Crippen molar-refractivity contribution in [3.8, 4) is 5.69 Å². The largest absolute Gasteiger partial charge is 0.391 e. The van der Waals surface area contributed by atoms with Crippen LogP contribution in [0.25, 0.3) is 5.69 Å². The normalized spacial score (nSPS) is 10.6. The minimum Gasteiger partial charge on any atom is -0.391 e. The average molecular weight is 206 g/mol. The molecule has 0 saturated carbocycles. The summed E-state index contributed by atoms with van der Waals surface area (Å²) in [6, 6.07) is 6.47. The molecule has 0 atom stereocenters. The van der Waals surface area contributed by atoms with Gasteiger partial charge in [-0.25, -0.2) is 9.07 Å². The molecule has 0 unspecified atom stereocenters. The van der Waals surface area contributed by atoms with Crippen molar-refractivity contribution in [1.82, 2.24) is 9.78 Å². The molecule has 1 heterocycles. The molecule has 2 aromatic rings. The first-order valence-electron chi connectivity index (χ1n) is 4.63. The molecule has 0 aliphatic carbocycles. The summed E-state index contributed by atoms with van der Waals surface area (Å²) < 4.78 is 14.9. The van der Waals surface area contributed by atoms with Crippen molar-refractivity contribution in [3.05, 3.63) is 47.5 Å². The second kappa shape index (κ2) is 3.82. The van der Waals surface area contributed by atoms with Crippen LogP contribution in [0.15, 0.2) is 30.5 Å². The van der Waals surface area contributed by atoms with Gasteiger partial charge in [0, 0.05) is 11.8 Å². The van der Waals surface area contributed by atoms with Gasteiger partial charge in [-0.05, 0) is 25.1 Å². The lowest BCUT2D eigenvalue weighted by Crippen LogP contribution is -2.02. The molecular weight excluding hydrogens is 195 g/mol. The van der Waals surface area contributed by atoms with Crippen LogP contribution in [-0.4, -0.2) is 14.9 Å². The van der Waals surface area contributed by atoms with E-state index in [9.17, 15) is 4.39 Å². The van der Waals surface area contributed by atoms with E-state index >= 15 is 0 Å². The second-order valence-corrected chi connectivity index (χ2v) is 3.30. The number of aliphatic hydroxyl groups is 1. The van der Waals surface area contributed by atoms with Gasteiger partial charge in [0.15, 0.2) is 0 Å². The molecule has 2 rings (SSSR count). The van der Waals surface area contributed by atoms with Crippen LogP contribution in [0.2, 0.25) is 0 Å². The van der Waals surface area contributed by atoms with Crippen molar-refractivity contribution in [2.75, 3.05) is 0 Å². The molecule has 0 bridgehead atoms. The molecule has 0 aliphatic rings. The molecule has 0 amide bonds. The van der Waals surface area contributed by atoms with Gasteiger partial charge in [-0.1, -0.05) is 6.07 Å². The summed E-state index contributed by atoms with van der Waals surface area (Å²) in [4.78, 5) is 0. The highest BCUT2D eigenvalue weighted by Gasteiger charge is 2.09. The summed E-state index contributed by atoms with van der Waals surface area (Å²) in [5.41, 5.74) is 1.69. The molecule has 4 heteroatoms. The van der Waals surface area contributed by atoms with Gasteiger partial charge in [0.05, 0.1) is 18.0 Å². The molecule has 0 aliphatic heterocycles. The lowest BCUT2D eigenvalue weighted by Gasteiger charge is -2.07. The Kier molecular flexibility index (Phi) is 2.51. The topological polar surface area (TPSA) is 38.0 Å². The Hall–Kier alpha value is -1.68. The highest BCUT2D eigenvalue weighted by molar-refractivity contribution is 5.40. The fourth-order valence-electron chi connectivity index (χ4n) is 1.47. The van der Waals surface area contributed by atoms with E-state index in [4.69, 9.17) is 5.11 Å². The SMILES string of the molecule is Cc1ccn(-c2cccc(F)c2CO)n1. The van der Waals surface area contributed by atoms with E-state index in [0.717, 1.165) is 5.69 Å². The van der Waals surface area contributed by atoms with Crippen LogP contribution in [0.4, 0.5) is 4.39 Å². The van der Waals surface area contributed by atoms with Crippen LogP contribution in [0.5, 0.6) is 0 Å². The molecule has 1 aromatic heterocycles. The summed E-state index contributed by atoms with van der Waals surface area (Å²) in [5, 5.41) is 13.3. The summed E-state index contributed by atoms with van der Waals surface area (Å²) in [5.74, 6) is -0.414. The fraction of sp³-hybridized carbons (Fsp3) is 0.182. The zero-order valence-electron chi connectivity index (χ0n) is 8.31. The summed E-state index contributed by atoms with van der Waals surface area (Å²) >= 11 is 0. The molecule has 3 nitrogen and oxygen atoms in total. The van der Waals surface area contributed by atoms with Gasteiger partial charge in [0.25, 0.3) is 0 Å². The Morgan fingerprint density at radius 2 is 2.20 bits per heavy atom. The van der Waals surface area contributed by atoms with E-state index in [1.165, 1.54) is 6.07 Å². The monoisotopic (exact) mass is 206 g/mol. The average Bonchev–Trinajstić information content (AvgIpc) is 2.64. The fourth-order valence-corrected chi connectivity index (χ4v) is 1.47. The lowest BCUT2D eigenvalue weighted by molar-refractivity contribution is 0.275. The maximum Gasteiger partial charge on any atom is 0.130 e. The van der Waals surface area contributed by atoms with Crippen molar-refractivity contribution >= 4 is 0 Å². The van der Waals surface area contributed by atoms with E-state index in [1.54, 1.807) is 23.0 Å². The van der Waals surface area contributed by atoms with Gasteiger partial charge in [-0.3, -0.25) is 0 Å². The predicted molar refractivity (Wildman–Crippen MR) is 54.2 cm³/mol. The van der Waals surface area contributed by atoms with Crippen LogP contribution in [0.1, 0.15) is 11.3 Å². The van der Waals surface area contributed by atoms with Crippen LogP contribution >= 0.6 is 0 Å². The standard InChI is InChI=1S/C11H11FN2O/c1-8-5-6-14(13-8)11-4-2-3-10(12)9(11)7-15/h2-6,15H,7H2,1H3. The van der Waals surface area contributed by atoms with Gasteiger partial charge in [-0.2, -0.15) is 5.10 Å². The number of hydrogen-bond acceptors (Lipinski definition) is 2. The number of aromatic nitrogens is 2. The molecule has 0 radical (unpaired) electrons. The Labute approximate surface area is 86.8 Å². The van der Waals surface area contributed by atoms with Gasteiger partial charge in [-0.15, -0.1) is 0 Å². The number of aryl methyl sites for hydroxylation is 1. The van der Waals surface area contributed by atoms with Crippen molar-refractivity contribution in [2.45, 2.75) is 13.5 Å². The maximum absolute atomic E-state index is 13.3. The summed E-state index contributed by atoms with van der Waals surface area (Å²) in [6.07, 6.45) is 1.74. The maximum atomic E-state index is 13.3. The Morgan fingerprint density at radius 1 is 1.40 bits per heavy atom. The molecular formula is C11H11FN2O. The van der Waals surface area contributed by atoms with Crippen LogP contribution in [0.3, 0.4) is 0 Å². The Morgan fingerprint density at radius 3 is 2.80 bits per heavy atom. The number of rotatable bonds is 2. The van der Waals surface area contributed by atoms with E-state index in [2.05, 4.69) is 5.10 Å². The molecule has 1 N–H and O–H groups in total. The second-order valence-electron chi connectivity index (χ2n) is 3.30. The number of hydrogen-bond donors (Lipinski definition) is 1. The minimum absolute atomic E-state index is 0.264. The van der Waals surface area contributed by atoms with Gasteiger partial charge >= 0.3 is 0 Å². The molecule has 0 fully saturated rings. The van der Waals surface area contributed by atoms with Crippen LogP contribution in [-0.2, 0) is 6.61 Å². The van der Waals surface area contributed by atoms with E-state index < -0.39 is 5.82 Å². The molecule has 1 aromatic carbocycles. The number of nitrogens with zero attached hydrogens (tertiary/aromatic N) is 2. The van der Waals surface area contributed by atoms with Crippen molar-refractivity contribution in [3.63, 3.8) is 0 Å². The third kappa shape index (κ3) is 1.76. The molecule has 15 heavy (non-hydrogen) atoms. The van der Waals surface area contributed by atoms with Crippen LogP contribution < -0.4 is 0 Å². The number of benzene rings is 1. The quantitative estimate of drug-likeness (QED) is 0.813. The van der Waals surface area contributed by atoms with E-state index in [0.29, 0.717) is 5.69 Å². The van der Waals surface area contributed by atoms with E-state index in [1.807, 2.05) is 13.0 Å². The zero-order valence-corrected chi connectivity index (χ0v) is 8.31. The third-order valence-electron chi connectivity index (χ3n) is 2.22. The Balaban J connectivity index is 2.57. The predicted octanol–water partition coefficient (Wildman–Crippen LogP) is 1.81. The van der Waals surface area contributed by atoms with Crippen molar-refractivity contribution in [2.24, 2.45) is 0 Å². The Bertz CT molecular complexity index is 479. The third-order valence-corrected chi connectivity index (χ3v) is 2.22. The highest BCUT2D eigenvalue weighted by Crippen LogP contribution is 2.17. The van der Waals surface area contributed by atoms with Crippen LogP contribution in [0, 0.1) is 12.7 Å². The number of halogens is 1. The first kappa shape index (κ1) is 9.86. The summed E-state index contributed by atoms with van der Waals surface area (Å²) in [7, 11) is 0. The highest BCUT2D eigenvalue weighted by atomic mass is 19.1. The molecule has 78 valence electrons. The lowest BCUT2D eigenvalue weighted by atomic mass is 10.2. The van der Waals surface area contributed by atoms with E-state index in [-0.39, 0.29) is 12.2 Å². The zero-order chi connectivity index (χ0) is 10.8. The molecule has 0 saturated heterocycles. The number of aliphatic hydroxyl groups excluding tert-OH is 1. The minimum atomic E-state index is -0.414.